The summed E-state index contributed by atoms with van der Waals surface area (Å²) in [6.45, 7) is 4.40. The van der Waals surface area contributed by atoms with Crippen molar-refractivity contribution in [2.75, 3.05) is 11.4 Å². The molecule has 0 aliphatic heterocycles. The number of H-pyrrole nitrogens is 1. The Balaban J connectivity index is 1.71. The first-order chi connectivity index (χ1) is 12.6. The molecular formula is C19H22N4O2S. The third kappa shape index (κ3) is 2.86. The molecule has 26 heavy (non-hydrogen) atoms. The molecule has 3 aromatic rings. The summed E-state index contributed by atoms with van der Waals surface area (Å²) >= 11 is 1.46. The number of carbonyl (C=O) groups is 1. The number of aromatic amines is 1. The van der Waals surface area contributed by atoms with Crippen molar-refractivity contribution in [3.63, 3.8) is 0 Å². The second-order valence-electron chi connectivity index (χ2n) is 6.79. The largest absolute Gasteiger partial charge is 0.326 e. The lowest BCUT2D eigenvalue weighted by molar-refractivity contribution is 0.0988. The van der Waals surface area contributed by atoms with Crippen molar-refractivity contribution in [2.45, 2.75) is 45.6 Å². The number of imidazole rings is 1. The van der Waals surface area contributed by atoms with Gasteiger partial charge in [-0.05, 0) is 44.9 Å². The zero-order valence-electron chi connectivity index (χ0n) is 15.0. The molecule has 136 valence electrons. The van der Waals surface area contributed by atoms with Crippen LogP contribution in [0.5, 0.6) is 0 Å². The molecule has 1 amide bonds. The summed E-state index contributed by atoms with van der Waals surface area (Å²) in [5.74, 6) is -0.0989. The zero-order valence-corrected chi connectivity index (χ0v) is 15.8. The minimum absolute atomic E-state index is 0.0839. The lowest BCUT2D eigenvalue weighted by Crippen LogP contribution is -2.30. The molecule has 1 N–H and O–H groups in total. The number of nitrogens with one attached hydrogen (secondary N) is 1. The van der Waals surface area contributed by atoms with Gasteiger partial charge in [-0.1, -0.05) is 12.8 Å². The maximum Gasteiger partial charge on any atom is 0.326 e. The maximum atomic E-state index is 13.0. The molecule has 6 nitrogen and oxygen atoms in total. The van der Waals surface area contributed by atoms with Crippen LogP contribution in [0.2, 0.25) is 0 Å². The third-order valence-electron chi connectivity index (χ3n) is 5.05. The number of aromatic nitrogens is 3. The van der Waals surface area contributed by atoms with E-state index in [2.05, 4.69) is 9.97 Å². The fourth-order valence-corrected chi connectivity index (χ4v) is 4.64. The van der Waals surface area contributed by atoms with E-state index in [0.717, 1.165) is 29.6 Å². The molecule has 4 rings (SSSR count). The first-order valence-corrected chi connectivity index (χ1v) is 9.94. The molecule has 0 spiro atoms. The zero-order chi connectivity index (χ0) is 18.3. The first-order valence-electron chi connectivity index (χ1n) is 9.06. The van der Waals surface area contributed by atoms with Gasteiger partial charge in [0.15, 0.2) is 5.13 Å². The second-order valence-corrected chi connectivity index (χ2v) is 7.63. The summed E-state index contributed by atoms with van der Waals surface area (Å²) in [4.78, 5) is 34.4. The lowest BCUT2D eigenvalue weighted by Gasteiger charge is -2.18. The van der Waals surface area contributed by atoms with Gasteiger partial charge in [0.1, 0.15) is 0 Å². The van der Waals surface area contributed by atoms with Gasteiger partial charge in [-0.3, -0.25) is 14.3 Å². The van der Waals surface area contributed by atoms with Crippen LogP contribution in [-0.2, 0) is 0 Å². The van der Waals surface area contributed by atoms with Gasteiger partial charge in [-0.2, -0.15) is 0 Å². The Morgan fingerprint density at radius 1 is 1.38 bits per heavy atom. The molecule has 0 radical (unpaired) electrons. The molecule has 1 aromatic carbocycles. The predicted molar refractivity (Wildman–Crippen MR) is 104 cm³/mol. The van der Waals surface area contributed by atoms with Crippen LogP contribution in [0.25, 0.3) is 11.0 Å². The maximum absolute atomic E-state index is 13.0. The Labute approximate surface area is 155 Å². The molecule has 1 aliphatic carbocycles. The smallest absolute Gasteiger partial charge is 0.306 e. The van der Waals surface area contributed by atoms with E-state index in [1.165, 1.54) is 24.2 Å². The van der Waals surface area contributed by atoms with Gasteiger partial charge in [-0.25, -0.2) is 9.78 Å². The van der Waals surface area contributed by atoms with E-state index in [9.17, 15) is 9.59 Å². The van der Waals surface area contributed by atoms with Crippen molar-refractivity contribution in [1.82, 2.24) is 14.5 Å². The number of carbonyl (C=O) groups excluding carboxylic acids is 1. The Hall–Kier alpha value is -2.41. The van der Waals surface area contributed by atoms with E-state index in [-0.39, 0.29) is 17.6 Å². The number of benzene rings is 1. The molecule has 1 fully saturated rings. The molecule has 2 aromatic heterocycles. The Morgan fingerprint density at radius 2 is 2.15 bits per heavy atom. The van der Waals surface area contributed by atoms with E-state index < -0.39 is 0 Å². The Bertz CT molecular complexity index is 1010. The summed E-state index contributed by atoms with van der Waals surface area (Å²) in [7, 11) is 0. The second kappa shape index (κ2) is 6.72. The van der Waals surface area contributed by atoms with Crippen molar-refractivity contribution in [3.8, 4) is 0 Å². The fraction of sp³-hybridized carbons (Fsp3) is 0.421. The van der Waals surface area contributed by atoms with E-state index in [1.54, 1.807) is 11.0 Å². The van der Waals surface area contributed by atoms with E-state index in [4.69, 9.17) is 0 Å². The number of amides is 1. The molecule has 2 heterocycles. The third-order valence-corrected chi connectivity index (χ3v) is 6.03. The van der Waals surface area contributed by atoms with Crippen LogP contribution in [0.3, 0.4) is 0 Å². The molecule has 0 saturated heterocycles. The predicted octanol–water partition coefficient (Wildman–Crippen LogP) is 3.88. The average molecular weight is 370 g/mol. The Kier molecular flexibility index (Phi) is 4.40. The summed E-state index contributed by atoms with van der Waals surface area (Å²) in [5.41, 5.74) is 2.99. The van der Waals surface area contributed by atoms with Crippen LogP contribution in [0, 0.1) is 6.92 Å². The molecular weight excluding hydrogens is 348 g/mol. The first kappa shape index (κ1) is 17.0. The monoisotopic (exact) mass is 370 g/mol. The standard InChI is InChI=1S/C19H22N4O2S/c1-3-22(19-20-12(2)11-26-19)17(24)13-8-9-16-15(10-13)21-18(25)23(16)14-6-4-5-7-14/h8-11,14H,3-7H2,1-2H3,(H,21,25). The minimum Gasteiger partial charge on any atom is -0.306 e. The highest BCUT2D eigenvalue weighted by Crippen LogP contribution is 2.31. The normalized spacial score (nSPS) is 15.0. The number of thiazole rings is 1. The van der Waals surface area contributed by atoms with Gasteiger partial charge >= 0.3 is 5.69 Å². The van der Waals surface area contributed by atoms with Gasteiger partial charge in [0.25, 0.3) is 5.91 Å². The number of nitrogens with zero attached hydrogens (tertiary/aromatic N) is 3. The van der Waals surface area contributed by atoms with Crippen LogP contribution in [0.4, 0.5) is 5.13 Å². The number of fused-ring (bicyclic) bond motifs is 1. The number of aryl methyl sites for hydroxylation is 1. The lowest BCUT2D eigenvalue weighted by atomic mass is 10.1. The van der Waals surface area contributed by atoms with E-state index in [0.29, 0.717) is 17.2 Å². The summed E-state index contributed by atoms with van der Waals surface area (Å²) in [6, 6.07) is 5.75. The quantitative estimate of drug-likeness (QED) is 0.758. The highest BCUT2D eigenvalue weighted by Gasteiger charge is 2.23. The molecule has 0 bridgehead atoms. The van der Waals surface area contributed by atoms with Crippen LogP contribution < -0.4 is 10.6 Å². The van der Waals surface area contributed by atoms with E-state index in [1.807, 2.05) is 35.9 Å². The Morgan fingerprint density at radius 3 is 2.81 bits per heavy atom. The van der Waals surface area contributed by atoms with Gasteiger partial charge in [0, 0.05) is 23.5 Å². The van der Waals surface area contributed by atoms with Gasteiger partial charge in [0.2, 0.25) is 0 Å². The summed E-state index contributed by atoms with van der Waals surface area (Å²) in [6.07, 6.45) is 4.42. The van der Waals surface area contributed by atoms with Crippen molar-refractivity contribution < 1.29 is 4.79 Å². The molecule has 1 aliphatic rings. The average Bonchev–Trinajstić information content (AvgIpc) is 3.34. The topological polar surface area (TPSA) is 71.0 Å². The van der Waals surface area contributed by atoms with Crippen LogP contribution in [0.15, 0.2) is 28.4 Å². The van der Waals surface area contributed by atoms with Crippen molar-refractivity contribution >= 4 is 33.4 Å². The highest BCUT2D eigenvalue weighted by molar-refractivity contribution is 7.14. The SMILES string of the molecule is CCN(C(=O)c1ccc2c(c1)[nH]c(=O)n2C1CCCC1)c1nc(C)cs1. The van der Waals surface area contributed by atoms with Crippen LogP contribution >= 0.6 is 11.3 Å². The number of rotatable bonds is 4. The van der Waals surface area contributed by atoms with Crippen LogP contribution in [-0.4, -0.2) is 27.0 Å². The van der Waals surface area contributed by atoms with Crippen LogP contribution in [0.1, 0.15) is 54.7 Å². The fourth-order valence-electron chi connectivity index (χ4n) is 3.78. The number of hydrogen-bond donors (Lipinski definition) is 1. The van der Waals surface area contributed by atoms with Crippen molar-refractivity contribution in [1.29, 1.82) is 0 Å². The van der Waals surface area contributed by atoms with Gasteiger partial charge in [0.05, 0.1) is 16.7 Å². The molecule has 1 saturated carbocycles. The summed E-state index contributed by atoms with van der Waals surface area (Å²) in [5, 5.41) is 2.64. The highest BCUT2D eigenvalue weighted by atomic mass is 32.1. The van der Waals surface area contributed by atoms with Crippen molar-refractivity contribution in [2.24, 2.45) is 0 Å². The summed E-state index contributed by atoms with van der Waals surface area (Å²) < 4.78 is 1.86. The van der Waals surface area contributed by atoms with Gasteiger partial charge < -0.3 is 4.98 Å². The van der Waals surface area contributed by atoms with Gasteiger partial charge in [-0.15, -0.1) is 11.3 Å². The minimum atomic E-state index is -0.0989. The number of hydrogen-bond acceptors (Lipinski definition) is 4. The number of anilines is 1. The molecule has 0 unspecified atom stereocenters. The van der Waals surface area contributed by atoms with Crippen molar-refractivity contribution in [3.05, 3.63) is 45.3 Å². The van der Waals surface area contributed by atoms with E-state index >= 15 is 0 Å². The molecule has 0 atom stereocenters. The molecule has 7 heteroatoms.